The Morgan fingerprint density at radius 2 is 2.13 bits per heavy atom. The van der Waals surface area contributed by atoms with E-state index in [4.69, 9.17) is 10.5 Å². The summed E-state index contributed by atoms with van der Waals surface area (Å²) in [6.07, 6.45) is 2.04. The van der Waals surface area contributed by atoms with Crippen molar-refractivity contribution in [3.8, 4) is 5.75 Å². The molecule has 0 saturated carbocycles. The molecule has 0 fully saturated rings. The van der Waals surface area contributed by atoms with E-state index in [9.17, 15) is 9.59 Å². The maximum absolute atomic E-state index is 12.5. The zero-order valence-corrected chi connectivity index (χ0v) is 13.5. The largest absolute Gasteiger partial charge is 0.491 e. The minimum absolute atomic E-state index is 0.0832. The van der Waals surface area contributed by atoms with Crippen LogP contribution in [0.15, 0.2) is 35.3 Å². The normalized spacial score (nSPS) is 11.0. The van der Waals surface area contributed by atoms with Crippen LogP contribution in [0.3, 0.4) is 0 Å². The Morgan fingerprint density at radius 1 is 1.35 bits per heavy atom. The summed E-state index contributed by atoms with van der Waals surface area (Å²) in [6, 6.07) is 7.28. The molecule has 2 rings (SSSR count). The van der Waals surface area contributed by atoms with Crippen molar-refractivity contribution in [1.82, 2.24) is 9.88 Å². The number of benzene rings is 1. The zero-order chi connectivity index (χ0) is 16.8. The predicted molar refractivity (Wildman–Crippen MR) is 90.7 cm³/mol. The highest BCUT2D eigenvalue weighted by Crippen LogP contribution is 2.19. The number of rotatable bonds is 7. The molecule has 0 aliphatic carbocycles. The van der Waals surface area contributed by atoms with Crippen LogP contribution >= 0.6 is 0 Å². The number of nitrogens with zero attached hydrogens (tertiary/aromatic N) is 1. The molecule has 23 heavy (non-hydrogen) atoms. The van der Waals surface area contributed by atoms with E-state index in [0.29, 0.717) is 25.0 Å². The zero-order valence-electron chi connectivity index (χ0n) is 13.5. The van der Waals surface area contributed by atoms with Crippen molar-refractivity contribution in [1.29, 1.82) is 0 Å². The number of ether oxygens (including phenoxy) is 1. The molecule has 0 radical (unpaired) electrons. The second kappa shape index (κ2) is 7.78. The Hall–Kier alpha value is -2.34. The van der Waals surface area contributed by atoms with Gasteiger partial charge in [-0.15, -0.1) is 0 Å². The molecule has 0 unspecified atom stereocenters. The Labute approximate surface area is 135 Å². The molecule has 0 saturated heterocycles. The predicted octanol–water partition coefficient (Wildman–Crippen LogP) is 1.25. The first-order chi connectivity index (χ1) is 11.0. The molecule has 0 spiro atoms. The van der Waals surface area contributed by atoms with E-state index in [0.717, 1.165) is 11.1 Å². The Kier molecular flexibility index (Phi) is 5.76. The fourth-order valence-corrected chi connectivity index (χ4v) is 2.31. The molecule has 2 aromatic rings. The van der Waals surface area contributed by atoms with Crippen molar-refractivity contribution >= 4 is 16.7 Å². The molecule has 6 heteroatoms. The van der Waals surface area contributed by atoms with Gasteiger partial charge in [0, 0.05) is 37.6 Å². The second-order valence-corrected chi connectivity index (χ2v) is 5.62. The number of carbonyl (C=O) groups is 1. The van der Waals surface area contributed by atoms with Crippen molar-refractivity contribution in [2.24, 2.45) is 5.73 Å². The van der Waals surface area contributed by atoms with Crippen LogP contribution in [0.4, 0.5) is 0 Å². The maximum Gasteiger partial charge on any atom is 0.258 e. The van der Waals surface area contributed by atoms with Crippen LogP contribution in [0.2, 0.25) is 0 Å². The Morgan fingerprint density at radius 3 is 2.83 bits per heavy atom. The lowest BCUT2D eigenvalue weighted by Crippen LogP contribution is -2.30. The van der Waals surface area contributed by atoms with Crippen molar-refractivity contribution < 1.29 is 9.53 Å². The molecule has 0 aliphatic rings. The molecule has 0 atom stereocenters. The average Bonchev–Trinajstić information content (AvgIpc) is 2.51. The number of nitrogens with two attached hydrogens (primary N) is 1. The summed E-state index contributed by atoms with van der Waals surface area (Å²) in [7, 11) is 0. The van der Waals surface area contributed by atoms with Crippen molar-refractivity contribution in [3.63, 3.8) is 0 Å². The van der Waals surface area contributed by atoms with Crippen LogP contribution in [0, 0.1) is 0 Å². The van der Waals surface area contributed by atoms with Gasteiger partial charge in [0.1, 0.15) is 5.75 Å². The molecular formula is C17H23N3O3. The lowest BCUT2D eigenvalue weighted by atomic mass is 10.1. The number of aryl methyl sites for hydroxylation is 1. The van der Waals surface area contributed by atoms with E-state index >= 15 is 0 Å². The van der Waals surface area contributed by atoms with Gasteiger partial charge < -0.3 is 20.4 Å². The van der Waals surface area contributed by atoms with E-state index in [1.807, 2.05) is 26.0 Å². The number of hydrogen-bond donors (Lipinski definition) is 2. The molecule has 1 heterocycles. The van der Waals surface area contributed by atoms with Gasteiger partial charge in [-0.3, -0.25) is 9.59 Å². The number of aromatic nitrogens is 1. The van der Waals surface area contributed by atoms with Crippen molar-refractivity contribution in [2.45, 2.75) is 32.9 Å². The SMILES string of the molecule is CC(C)Oc1ccc2c(=O)n(CCC(=O)NCCN)ccc2c1. The highest BCUT2D eigenvalue weighted by Gasteiger charge is 2.07. The highest BCUT2D eigenvalue weighted by atomic mass is 16.5. The molecule has 1 aromatic carbocycles. The maximum atomic E-state index is 12.5. The average molecular weight is 317 g/mol. The molecule has 0 aliphatic heterocycles. The third-order valence-electron chi connectivity index (χ3n) is 3.37. The van der Waals surface area contributed by atoms with Gasteiger partial charge in [0.2, 0.25) is 5.91 Å². The summed E-state index contributed by atoms with van der Waals surface area (Å²) in [5.41, 5.74) is 5.23. The minimum Gasteiger partial charge on any atom is -0.491 e. The smallest absolute Gasteiger partial charge is 0.258 e. The highest BCUT2D eigenvalue weighted by molar-refractivity contribution is 5.83. The molecule has 0 bridgehead atoms. The molecular weight excluding hydrogens is 294 g/mol. The van der Waals surface area contributed by atoms with Crippen LogP contribution in [-0.2, 0) is 11.3 Å². The van der Waals surface area contributed by atoms with Gasteiger partial charge in [-0.2, -0.15) is 0 Å². The van der Waals surface area contributed by atoms with Crippen LogP contribution < -0.4 is 21.3 Å². The first kappa shape index (κ1) is 17.0. The third-order valence-corrected chi connectivity index (χ3v) is 3.37. The molecule has 1 amide bonds. The van der Waals surface area contributed by atoms with Crippen molar-refractivity contribution in [3.05, 3.63) is 40.8 Å². The van der Waals surface area contributed by atoms with Crippen molar-refractivity contribution in [2.75, 3.05) is 13.1 Å². The fraction of sp³-hybridized carbons (Fsp3) is 0.412. The summed E-state index contributed by atoms with van der Waals surface area (Å²) in [5.74, 6) is 0.633. The van der Waals surface area contributed by atoms with E-state index in [1.54, 1.807) is 22.9 Å². The van der Waals surface area contributed by atoms with Gasteiger partial charge in [-0.25, -0.2) is 0 Å². The standard InChI is InChI=1S/C17H23N3O3/c1-12(2)23-14-3-4-15-13(11-14)5-9-20(17(15)22)10-6-16(21)19-8-7-18/h3-5,9,11-12H,6-8,10,18H2,1-2H3,(H,19,21). The number of carbonyl (C=O) groups excluding carboxylic acids is 1. The van der Waals surface area contributed by atoms with E-state index < -0.39 is 0 Å². The van der Waals surface area contributed by atoms with Crippen LogP contribution in [0.5, 0.6) is 5.75 Å². The first-order valence-corrected chi connectivity index (χ1v) is 7.78. The third kappa shape index (κ3) is 4.56. The molecule has 124 valence electrons. The number of amides is 1. The lowest BCUT2D eigenvalue weighted by molar-refractivity contribution is -0.121. The van der Waals surface area contributed by atoms with E-state index in [-0.39, 0.29) is 24.0 Å². The van der Waals surface area contributed by atoms with Gasteiger partial charge in [-0.1, -0.05) is 0 Å². The Bertz CT molecular complexity index is 737. The number of hydrogen-bond acceptors (Lipinski definition) is 4. The summed E-state index contributed by atoms with van der Waals surface area (Å²) in [4.78, 5) is 24.1. The van der Waals surface area contributed by atoms with Gasteiger partial charge in [-0.05, 0) is 43.5 Å². The summed E-state index contributed by atoms with van der Waals surface area (Å²) < 4.78 is 7.19. The summed E-state index contributed by atoms with van der Waals surface area (Å²) in [6.45, 7) is 5.11. The van der Waals surface area contributed by atoms with Crippen LogP contribution in [0.25, 0.3) is 10.8 Å². The van der Waals surface area contributed by atoms with Gasteiger partial charge in [0.15, 0.2) is 0 Å². The molecule has 1 aromatic heterocycles. The number of nitrogens with one attached hydrogen (secondary N) is 1. The monoisotopic (exact) mass is 317 g/mol. The minimum atomic E-state index is -0.108. The topological polar surface area (TPSA) is 86.3 Å². The van der Waals surface area contributed by atoms with Crippen LogP contribution in [0.1, 0.15) is 20.3 Å². The summed E-state index contributed by atoms with van der Waals surface area (Å²) >= 11 is 0. The van der Waals surface area contributed by atoms with E-state index in [2.05, 4.69) is 5.32 Å². The summed E-state index contributed by atoms with van der Waals surface area (Å²) in [5, 5.41) is 4.14. The first-order valence-electron chi connectivity index (χ1n) is 7.78. The van der Waals surface area contributed by atoms with Gasteiger partial charge in [0.05, 0.1) is 6.10 Å². The Balaban J connectivity index is 2.15. The van der Waals surface area contributed by atoms with Crippen LogP contribution in [-0.4, -0.2) is 29.7 Å². The van der Waals surface area contributed by atoms with Gasteiger partial charge >= 0.3 is 0 Å². The van der Waals surface area contributed by atoms with E-state index in [1.165, 1.54) is 0 Å². The number of pyridine rings is 1. The van der Waals surface area contributed by atoms with Gasteiger partial charge in [0.25, 0.3) is 5.56 Å². The fourth-order valence-electron chi connectivity index (χ4n) is 2.31. The lowest BCUT2D eigenvalue weighted by Gasteiger charge is -2.11. The molecule has 3 N–H and O–H groups in total. The molecule has 6 nitrogen and oxygen atoms in total. The number of fused-ring (bicyclic) bond motifs is 1. The quantitative estimate of drug-likeness (QED) is 0.805. The second-order valence-electron chi connectivity index (χ2n) is 5.62.